The number of halogens is 4. The Bertz CT molecular complexity index is 1350. The van der Waals surface area contributed by atoms with E-state index in [1.54, 1.807) is 0 Å². The average Bonchev–Trinajstić information content (AvgIpc) is 3.29. The van der Waals surface area contributed by atoms with Gasteiger partial charge in [-0.1, -0.05) is 11.6 Å². The van der Waals surface area contributed by atoms with Gasteiger partial charge in [0.25, 0.3) is 0 Å². The first kappa shape index (κ1) is 22.6. The van der Waals surface area contributed by atoms with Gasteiger partial charge in [-0.25, -0.2) is 18.4 Å². The highest BCUT2D eigenvalue weighted by Crippen LogP contribution is 2.41. The Morgan fingerprint density at radius 1 is 1.18 bits per heavy atom. The average molecular weight is 515 g/mol. The van der Waals surface area contributed by atoms with Crippen molar-refractivity contribution in [2.45, 2.75) is 43.0 Å². The number of nitrogens with one attached hydrogen (secondary N) is 1. The Kier molecular flexibility index (Phi) is 5.43. The van der Waals surface area contributed by atoms with E-state index in [4.69, 9.17) is 11.6 Å². The van der Waals surface area contributed by atoms with Crippen molar-refractivity contribution in [3.05, 3.63) is 51.5 Å². The van der Waals surface area contributed by atoms with Gasteiger partial charge in [-0.3, -0.25) is 4.90 Å². The van der Waals surface area contributed by atoms with E-state index in [1.807, 2.05) is 12.1 Å². The molecule has 1 fully saturated rings. The van der Waals surface area contributed by atoms with E-state index in [0.717, 1.165) is 41.8 Å². The molecule has 174 valence electrons. The van der Waals surface area contributed by atoms with Crippen LogP contribution in [0.1, 0.15) is 29.5 Å². The smallest absolute Gasteiger partial charge is 0.323 e. The molecule has 0 unspecified atom stereocenters. The first-order chi connectivity index (χ1) is 15.5. The number of fused-ring (bicyclic) bond motifs is 1. The second-order valence-electron chi connectivity index (χ2n) is 8.23. The molecule has 0 radical (unpaired) electrons. The summed E-state index contributed by atoms with van der Waals surface area (Å²) in [5.41, 5.74) is 1.31. The van der Waals surface area contributed by atoms with Crippen LogP contribution >= 0.6 is 22.9 Å². The van der Waals surface area contributed by atoms with Crippen LogP contribution in [-0.2, 0) is 29.1 Å². The zero-order valence-corrected chi connectivity index (χ0v) is 19.7. The van der Waals surface area contributed by atoms with Crippen LogP contribution in [0.5, 0.6) is 0 Å². The Labute approximate surface area is 197 Å². The van der Waals surface area contributed by atoms with Crippen molar-refractivity contribution in [2.75, 3.05) is 11.6 Å². The summed E-state index contributed by atoms with van der Waals surface area (Å²) < 4.78 is 64.4. The lowest BCUT2D eigenvalue weighted by atomic mass is 10.1. The topological polar surface area (TPSA) is 75.2 Å². The molecule has 0 amide bonds. The van der Waals surface area contributed by atoms with E-state index < -0.39 is 27.3 Å². The lowest BCUT2D eigenvalue weighted by molar-refractivity contribution is -0.137. The third-order valence-electron chi connectivity index (χ3n) is 5.68. The summed E-state index contributed by atoms with van der Waals surface area (Å²) in [6, 6.07) is 5.55. The van der Waals surface area contributed by atoms with Gasteiger partial charge in [0.15, 0.2) is 9.84 Å². The molecule has 2 aromatic heterocycles. The van der Waals surface area contributed by atoms with Gasteiger partial charge in [0.05, 0.1) is 26.2 Å². The summed E-state index contributed by atoms with van der Waals surface area (Å²) in [6.07, 6.45) is -0.630. The van der Waals surface area contributed by atoms with Crippen LogP contribution in [-0.4, -0.2) is 35.6 Å². The van der Waals surface area contributed by atoms with Crippen LogP contribution < -0.4 is 5.32 Å². The van der Waals surface area contributed by atoms with Gasteiger partial charge in [0.2, 0.25) is 5.95 Å². The quantitative estimate of drug-likeness (QED) is 0.484. The minimum atomic E-state index is -4.71. The fraction of sp³-hybridized carbons (Fsp3) is 0.333. The fourth-order valence-electron chi connectivity index (χ4n) is 3.84. The fourth-order valence-corrected chi connectivity index (χ4v) is 6.09. The van der Waals surface area contributed by atoms with E-state index in [2.05, 4.69) is 20.2 Å². The molecule has 1 aromatic carbocycles. The predicted molar refractivity (Wildman–Crippen MR) is 120 cm³/mol. The summed E-state index contributed by atoms with van der Waals surface area (Å²) >= 11 is 7.31. The van der Waals surface area contributed by atoms with E-state index in [0.29, 0.717) is 22.9 Å². The number of hydrogen-bond donors (Lipinski definition) is 1. The van der Waals surface area contributed by atoms with E-state index in [-0.39, 0.29) is 15.7 Å². The highest BCUT2D eigenvalue weighted by atomic mass is 35.5. The SMILES string of the molecule is CS(=O)(=O)c1csc(-c2nc(Nc3cc4c(cc3Cl)CN(C3CC3)C4)ncc2C(F)(F)F)c1. The largest absolute Gasteiger partial charge is 0.420 e. The van der Waals surface area contributed by atoms with E-state index in [1.165, 1.54) is 24.3 Å². The number of alkyl halides is 3. The third-order valence-corrected chi connectivity index (χ3v) is 8.17. The Morgan fingerprint density at radius 2 is 1.88 bits per heavy atom. The van der Waals surface area contributed by atoms with Gasteiger partial charge >= 0.3 is 6.18 Å². The number of aromatic nitrogens is 2. The summed E-state index contributed by atoms with van der Waals surface area (Å²) in [4.78, 5) is 10.3. The van der Waals surface area contributed by atoms with Crippen LogP contribution in [0.15, 0.2) is 34.7 Å². The van der Waals surface area contributed by atoms with Gasteiger partial charge in [0.1, 0.15) is 5.56 Å². The molecule has 0 spiro atoms. The van der Waals surface area contributed by atoms with Crippen molar-refractivity contribution in [3.8, 4) is 10.6 Å². The molecule has 33 heavy (non-hydrogen) atoms. The molecule has 1 saturated carbocycles. The van der Waals surface area contributed by atoms with Crippen LogP contribution in [0.3, 0.4) is 0 Å². The summed E-state index contributed by atoms with van der Waals surface area (Å²) in [7, 11) is -3.57. The lowest BCUT2D eigenvalue weighted by Crippen LogP contribution is -2.18. The first-order valence-electron chi connectivity index (χ1n) is 10.0. The first-order valence-corrected chi connectivity index (χ1v) is 13.2. The molecule has 0 saturated heterocycles. The molecule has 12 heteroatoms. The lowest BCUT2D eigenvalue weighted by Gasteiger charge is -2.14. The molecular weight excluding hydrogens is 497 g/mol. The van der Waals surface area contributed by atoms with Crippen molar-refractivity contribution in [2.24, 2.45) is 0 Å². The summed E-state index contributed by atoms with van der Waals surface area (Å²) in [5, 5.41) is 4.65. The number of thiophene rings is 1. The Balaban J connectivity index is 1.49. The molecule has 2 aliphatic rings. The normalized spacial score (nSPS) is 16.8. The molecule has 1 aliphatic heterocycles. The number of hydrogen-bond acceptors (Lipinski definition) is 7. The maximum absolute atomic E-state index is 13.6. The van der Waals surface area contributed by atoms with Crippen LogP contribution in [0, 0.1) is 0 Å². The van der Waals surface area contributed by atoms with Crippen molar-refractivity contribution < 1.29 is 21.6 Å². The minimum Gasteiger partial charge on any atom is -0.323 e. The molecule has 1 aliphatic carbocycles. The maximum atomic E-state index is 13.6. The van der Waals surface area contributed by atoms with Gasteiger partial charge in [0, 0.05) is 37.0 Å². The van der Waals surface area contributed by atoms with Crippen molar-refractivity contribution in [1.82, 2.24) is 14.9 Å². The summed E-state index contributed by atoms with van der Waals surface area (Å²) in [6.45, 7) is 1.64. The van der Waals surface area contributed by atoms with Crippen molar-refractivity contribution >= 4 is 44.4 Å². The number of benzene rings is 1. The van der Waals surface area contributed by atoms with Gasteiger partial charge in [-0.2, -0.15) is 13.2 Å². The molecule has 0 atom stereocenters. The molecular formula is C21H18ClF3N4O2S2. The monoisotopic (exact) mass is 514 g/mol. The Hall–Kier alpha value is -2.21. The van der Waals surface area contributed by atoms with Crippen LogP contribution in [0.4, 0.5) is 24.8 Å². The number of nitrogens with zero attached hydrogens (tertiary/aromatic N) is 3. The summed E-state index contributed by atoms with van der Waals surface area (Å²) in [5.74, 6) is -0.0637. The zero-order chi connectivity index (χ0) is 23.5. The molecule has 3 heterocycles. The molecule has 3 aromatic rings. The van der Waals surface area contributed by atoms with Gasteiger partial charge in [-0.05, 0) is 42.2 Å². The standard InChI is InChI=1S/C21H18ClF3N4O2S2/c1-33(30,31)14-6-18(32-10-14)19-15(21(23,24)25)7-26-20(28-19)27-17-5-12-9-29(13-2-3-13)8-11(12)4-16(17)22/h4-7,10,13H,2-3,8-9H2,1H3,(H,26,27,28). The van der Waals surface area contributed by atoms with Gasteiger partial charge in [-0.15, -0.1) is 11.3 Å². The zero-order valence-electron chi connectivity index (χ0n) is 17.3. The van der Waals surface area contributed by atoms with Crippen LogP contribution in [0.2, 0.25) is 5.02 Å². The molecule has 6 nitrogen and oxygen atoms in total. The van der Waals surface area contributed by atoms with E-state index >= 15 is 0 Å². The highest BCUT2D eigenvalue weighted by molar-refractivity contribution is 7.90. The maximum Gasteiger partial charge on any atom is 0.420 e. The second-order valence-corrected chi connectivity index (χ2v) is 11.6. The number of sulfone groups is 1. The highest BCUT2D eigenvalue weighted by Gasteiger charge is 2.36. The molecule has 1 N–H and O–H groups in total. The van der Waals surface area contributed by atoms with Crippen molar-refractivity contribution in [3.63, 3.8) is 0 Å². The number of anilines is 2. The molecule has 0 bridgehead atoms. The minimum absolute atomic E-state index is 0.0637. The Morgan fingerprint density at radius 3 is 2.48 bits per heavy atom. The van der Waals surface area contributed by atoms with Gasteiger partial charge < -0.3 is 5.32 Å². The number of rotatable bonds is 5. The van der Waals surface area contributed by atoms with E-state index in [9.17, 15) is 21.6 Å². The second kappa shape index (κ2) is 7.93. The van der Waals surface area contributed by atoms with Crippen molar-refractivity contribution in [1.29, 1.82) is 0 Å². The predicted octanol–water partition coefficient (Wildman–Crippen LogP) is 5.50. The molecule has 5 rings (SSSR count). The van der Waals surface area contributed by atoms with Crippen LogP contribution in [0.25, 0.3) is 10.6 Å². The third kappa shape index (κ3) is 4.59.